The molecule has 0 aliphatic rings. The molecule has 1 aromatic carbocycles. The molecule has 0 radical (unpaired) electrons. The van der Waals surface area contributed by atoms with Crippen LogP contribution < -0.4 is 0 Å². The van der Waals surface area contributed by atoms with Gasteiger partial charge in [-0.1, -0.05) is 17.2 Å². The molecule has 2 aromatic rings. The fraction of sp³-hybridized carbons (Fsp3) is 0.250. The molecule has 0 aliphatic carbocycles. The van der Waals surface area contributed by atoms with Crippen molar-refractivity contribution >= 4 is 38.6 Å². The second kappa shape index (κ2) is 5.08. The summed E-state index contributed by atoms with van der Waals surface area (Å²) in [6.45, 7) is 0. The normalized spacial score (nSPS) is 12.6. The van der Waals surface area contributed by atoms with E-state index in [1.807, 2.05) is 24.3 Å². The molecule has 0 aliphatic heterocycles. The Bertz CT molecular complexity index is 546. The maximum absolute atomic E-state index is 11.4. The van der Waals surface area contributed by atoms with Crippen molar-refractivity contribution in [3.8, 4) is 0 Å². The topological polar surface area (TPSA) is 49.4 Å². The van der Waals surface area contributed by atoms with Gasteiger partial charge in [0.15, 0.2) is 0 Å². The Morgan fingerprint density at radius 3 is 2.88 bits per heavy atom. The van der Waals surface area contributed by atoms with E-state index in [1.165, 1.54) is 18.4 Å². The molecule has 1 heterocycles. The number of thiophene rings is 1. The third-order valence-electron chi connectivity index (χ3n) is 2.34. The summed E-state index contributed by atoms with van der Waals surface area (Å²) in [4.78, 5) is 12.0. The van der Waals surface area contributed by atoms with E-state index >= 15 is 0 Å². The van der Waals surface area contributed by atoms with Gasteiger partial charge in [0.2, 0.25) is 0 Å². The lowest BCUT2D eigenvalue weighted by Gasteiger charge is -2.04. The number of ether oxygens (including phenoxy) is 1. The summed E-state index contributed by atoms with van der Waals surface area (Å²) in [6, 6.07) is 7.68. The highest BCUT2D eigenvalue weighted by Gasteiger charge is 2.11. The lowest BCUT2D eigenvalue weighted by atomic mass is 10.2. The number of carbonyl (C=O) groups is 1. The first-order chi connectivity index (χ1) is 8.10. The third-order valence-corrected chi connectivity index (χ3v) is 4.17. The van der Waals surface area contributed by atoms with Crippen LogP contribution in [0.3, 0.4) is 0 Å². The van der Waals surface area contributed by atoms with E-state index in [4.69, 9.17) is 0 Å². The zero-order valence-electron chi connectivity index (χ0n) is 9.56. The zero-order valence-corrected chi connectivity index (χ0v) is 11.2. The van der Waals surface area contributed by atoms with Crippen molar-refractivity contribution in [2.24, 2.45) is 0 Å². The van der Waals surface area contributed by atoms with Crippen LogP contribution in [0.2, 0.25) is 0 Å². The number of esters is 1. The minimum absolute atomic E-state index is 0.313. The van der Waals surface area contributed by atoms with Gasteiger partial charge >= 0.3 is 5.97 Å². The molecule has 0 bridgehead atoms. The van der Waals surface area contributed by atoms with Crippen LogP contribution in [0.5, 0.6) is 0 Å². The van der Waals surface area contributed by atoms with E-state index in [9.17, 15) is 9.35 Å². The summed E-state index contributed by atoms with van der Waals surface area (Å²) in [5.74, 6) is 0.228. The first-order valence-electron chi connectivity index (χ1n) is 5.01. The highest BCUT2D eigenvalue weighted by Crippen LogP contribution is 2.27. The Hall–Kier alpha value is -1.04. The Labute approximate surface area is 107 Å². The molecule has 3 nitrogen and oxygen atoms in total. The fourth-order valence-electron chi connectivity index (χ4n) is 1.62. The molecule has 0 saturated heterocycles. The van der Waals surface area contributed by atoms with Crippen molar-refractivity contribution in [1.82, 2.24) is 0 Å². The van der Waals surface area contributed by atoms with E-state index in [-0.39, 0.29) is 5.97 Å². The van der Waals surface area contributed by atoms with Crippen LogP contribution in [0.4, 0.5) is 0 Å². The first-order valence-corrected chi connectivity index (χ1v) is 7.55. The quantitative estimate of drug-likeness (QED) is 0.635. The Morgan fingerprint density at radius 1 is 1.47 bits per heavy atom. The summed E-state index contributed by atoms with van der Waals surface area (Å²) < 4.78 is 16.9. The van der Waals surface area contributed by atoms with Crippen LogP contribution in [0.25, 0.3) is 10.1 Å². The van der Waals surface area contributed by atoms with Gasteiger partial charge in [-0.05, 0) is 23.6 Å². The third kappa shape index (κ3) is 2.80. The molecule has 1 aromatic heterocycles. The zero-order chi connectivity index (χ0) is 12.4. The molecule has 0 spiro atoms. The minimum atomic E-state index is -0.851. The van der Waals surface area contributed by atoms with E-state index < -0.39 is 11.2 Å². The summed E-state index contributed by atoms with van der Waals surface area (Å²) in [7, 11) is 1.37. The van der Waals surface area contributed by atoms with Gasteiger partial charge in [-0.25, -0.2) is 4.79 Å². The van der Waals surface area contributed by atoms with Crippen molar-refractivity contribution in [1.29, 1.82) is 0 Å². The number of hydrogen-bond acceptors (Lipinski definition) is 4. The van der Waals surface area contributed by atoms with E-state index in [0.717, 1.165) is 15.6 Å². The summed E-state index contributed by atoms with van der Waals surface area (Å²) in [5.41, 5.74) is 1.02. The van der Waals surface area contributed by atoms with Gasteiger partial charge in [0.25, 0.3) is 0 Å². The van der Waals surface area contributed by atoms with Crippen LogP contribution in [-0.4, -0.2) is 23.9 Å². The Balaban J connectivity index is 2.37. The highest BCUT2D eigenvalue weighted by molar-refractivity contribution is 7.89. The molecular formula is C12H12O3S2. The number of rotatable bonds is 3. The summed E-state index contributed by atoms with van der Waals surface area (Å²) >= 11 is 0.556. The molecule has 0 amide bonds. The molecular weight excluding hydrogens is 256 g/mol. The maximum atomic E-state index is 11.4. The number of carbonyl (C=O) groups excluding carboxylic acids is 1. The van der Waals surface area contributed by atoms with E-state index in [1.54, 1.807) is 6.26 Å². The van der Waals surface area contributed by atoms with Crippen molar-refractivity contribution < 1.29 is 14.1 Å². The van der Waals surface area contributed by atoms with Crippen molar-refractivity contribution in [2.45, 2.75) is 5.75 Å². The summed E-state index contributed by atoms with van der Waals surface area (Å²) in [6.07, 6.45) is 1.68. The molecule has 1 unspecified atom stereocenters. The first kappa shape index (κ1) is 12.4. The second-order valence-corrected chi connectivity index (χ2v) is 6.21. The molecule has 0 fully saturated rings. The van der Waals surface area contributed by atoms with Crippen LogP contribution >= 0.6 is 11.3 Å². The van der Waals surface area contributed by atoms with Crippen LogP contribution in [0.15, 0.2) is 24.3 Å². The molecule has 90 valence electrons. The van der Waals surface area contributed by atoms with Crippen molar-refractivity contribution in [3.05, 3.63) is 34.7 Å². The SMILES string of the molecule is COC(=O)c1cc2cc(C[S+](C)[O-])ccc2s1. The number of methoxy groups -OCH3 is 1. The number of hydrogen-bond donors (Lipinski definition) is 0. The van der Waals surface area contributed by atoms with Gasteiger partial charge in [0.1, 0.15) is 10.6 Å². The van der Waals surface area contributed by atoms with Gasteiger partial charge in [0.05, 0.1) is 13.4 Å². The van der Waals surface area contributed by atoms with E-state index in [2.05, 4.69) is 4.74 Å². The predicted molar refractivity (Wildman–Crippen MR) is 70.9 cm³/mol. The predicted octanol–water partition coefficient (Wildman–Crippen LogP) is 2.57. The van der Waals surface area contributed by atoms with Gasteiger partial charge in [0, 0.05) is 10.3 Å². The maximum Gasteiger partial charge on any atom is 0.348 e. The number of benzene rings is 1. The Morgan fingerprint density at radius 2 is 2.24 bits per heavy atom. The lowest BCUT2D eigenvalue weighted by Crippen LogP contribution is -2.00. The summed E-state index contributed by atoms with van der Waals surface area (Å²) in [5, 5.41) is 0.998. The highest BCUT2D eigenvalue weighted by atomic mass is 32.2. The van der Waals surface area contributed by atoms with E-state index in [0.29, 0.717) is 10.6 Å². The van der Waals surface area contributed by atoms with Gasteiger partial charge in [-0.3, -0.25) is 0 Å². The van der Waals surface area contributed by atoms with Crippen LogP contribution in [0.1, 0.15) is 15.2 Å². The molecule has 1 atom stereocenters. The van der Waals surface area contributed by atoms with Crippen LogP contribution in [-0.2, 0) is 21.7 Å². The average molecular weight is 268 g/mol. The largest absolute Gasteiger partial charge is 0.616 e. The monoisotopic (exact) mass is 268 g/mol. The molecule has 0 saturated carbocycles. The van der Waals surface area contributed by atoms with Gasteiger partial charge < -0.3 is 9.29 Å². The molecule has 5 heteroatoms. The van der Waals surface area contributed by atoms with Gasteiger partial charge in [-0.2, -0.15) is 0 Å². The van der Waals surface area contributed by atoms with Crippen molar-refractivity contribution in [2.75, 3.05) is 13.4 Å². The standard InChI is InChI=1S/C12H12O3S2/c1-15-12(13)11-6-9-5-8(7-17(2)14)3-4-10(9)16-11/h3-6H,7H2,1-2H3. The Kier molecular flexibility index (Phi) is 3.71. The van der Waals surface area contributed by atoms with Crippen molar-refractivity contribution in [3.63, 3.8) is 0 Å². The number of fused-ring (bicyclic) bond motifs is 1. The molecule has 17 heavy (non-hydrogen) atoms. The smallest absolute Gasteiger partial charge is 0.348 e. The molecule has 2 rings (SSSR count). The second-order valence-electron chi connectivity index (χ2n) is 3.69. The minimum Gasteiger partial charge on any atom is -0.616 e. The van der Waals surface area contributed by atoms with Gasteiger partial charge in [-0.15, -0.1) is 11.3 Å². The van der Waals surface area contributed by atoms with Crippen LogP contribution in [0, 0.1) is 0 Å². The lowest BCUT2D eigenvalue weighted by molar-refractivity contribution is 0.0606. The average Bonchev–Trinajstić information content (AvgIpc) is 2.70. The molecule has 0 N–H and O–H groups in total. The fourth-order valence-corrected chi connectivity index (χ4v) is 3.23.